The number of amides is 3. The van der Waals surface area contributed by atoms with Crippen LogP contribution in [0.2, 0.25) is 0 Å². The summed E-state index contributed by atoms with van der Waals surface area (Å²) in [6, 6.07) is 12.8. The van der Waals surface area contributed by atoms with Gasteiger partial charge in [-0.3, -0.25) is 14.4 Å². The van der Waals surface area contributed by atoms with E-state index in [1.807, 2.05) is 37.3 Å². The Morgan fingerprint density at radius 3 is 2.67 bits per heavy atom. The highest BCUT2D eigenvalue weighted by molar-refractivity contribution is 5.94. The summed E-state index contributed by atoms with van der Waals surface area (Å²) in [6.45, 7) is 3.54. The fourth-order valence-corrected chi connectivity index (χ4v) is 3.62. The van der Waals surface area contributed by atoms with Crippen molar-refractivity contribution in [1.82, 2.24) is 15.5 Å². The lowest BCUT2D eigenvalue weighted by atomic mass is 9.98. The molecule has 1 aliphatic rings. The van der Waals surface area contributed by atoms with E-state index in [4.69, 9.17) is 4.42 Å². The van der Waals surface area contributed by atoms with Gasteiger partial charge in [-0.25, -0.2) is 0 Å². The Kier molecular flexibility index (Phi) is 7.65. The quantitative estimate of drug-likeness (QED) is 0.809. The Morgan fingerprint density at radius 2 is 1.93 bits per heavy atom. The van der Waals surface area contributed by atoms with Gasteiger partial charge < -0.3 is 20.0 Å². The van der Waals surface area contributed by atoms with Crippen molar-refractivity contribution in [3.8, 4) is 0 Å². The molecular formula is C23H29N3O4. The van der Waals surface area contributed by atoms with Crippen molar-refractivity contribution in [3.05, 3.63) is 59.5 Å². The third-order valence-corrected chi connectivity index (χ3v) is 5.32. The number of aryl methyl sites for hydroxylation is 1. The predicted molar refractivity (Wildman–Crippen MR) is 113 cm³/mol. The van der Waals surface area contributed by atoms with Crippen molar-refractivity contribution >= 4 is 17.7 Å². The molecule has 1 aromatic carbocycles. The van der Waals surface area contributed by atoms with Crippen LogP contribution in [0.3, 0.4) is 0 Å². The zero-order valence-corrected chi connectivity index (χ0v) is 17.4. The van der Waals surface area contributed by atoms with Gasteiger partial charge in [0.1, 0.15) is 11.5 Å². The van der Waals surface area contributed by atoms with Gasteiger partial charge in [0, 0.05) is 37.5 Å². The average Bonchev–Trinajstić information content (AvgIpc) is 3.16. The number of hydrogen-bond acceptors (Lipinski definition) is 4. The summed E-state index contributed by atoms with van der Waals surface area (Å²) < 4.78 is 5.50. The normalized spacial score (nSPS) is 18.2. The van der Waals surface area contributed by atoms with Crippen LogP contribution in [-0.4, -0.2) is 42.3 Å². The first-order valence-electron chi connectivity index (χ1n) is 10.5. The first-order valence-corrected chi connectivity index (χ1v) is 10.5. The van der Waals surface area contributed by atoms with Crippen LogP contribution >= 0.6 is 0 Å². The van der Waals surface area contributed by atoms with Crippen molar-refractivity contribution in [1.29, 1.82) is 0 Å². The molecule has 30 heavy (non-hydrogen) atoms. The largest absolute Gasteiger partial charge is 0.465 e. The van der Waals surface area contributed by atoms with Gasteiger partial charge in [0.15, 0.2) is 0 Å². The lowest BCUT2D eigenvalue weighted by Gasteiger charge is -2.23. The van der Waals surface area contributed by atoms with Crippen LogP contribution in [0.25, 0.3) is 0 Å². The third kappa shape index (κ3) is 6.20. The van der Waals surface area contributed by atoms with Crippen LogP contribution in [0.4, 0.5) is 0 Å². The highest BCUT2D eigenvalue weighted by Crippen LogP contribution is 2.15. The van der Waals surface area contributed by atoms with Crippen LogP contribution in [0, 0.1) is 12.8 Å². The topological polar surface area (TPSA) is 91.7 Å². The van der Waals surface area contributed by atoms with Crippen LogP contribution in [-0.2, 0) is 16.1 Å². The Labute approximate surface area is 176 Å². The zero-order valence-electron chi connectivity index (χ0n) is 17.4. The molecule has 2 aromatic rings. The molecule has 7 nitrogen and oxygen atoms in total. The van der Waals surface area contributed by atoms with Crippen molar-refractivity contribution < 1.29 is 18.8 Å². The number of furan rings is 1. The minimum atomic E-state index is -0.229. The minimum Gasteiger partial charge on any atom is -0.465 e. The van der Waals surface area contributed by atoms with Gasteiger partial charge in [0.05, 0.1) is 6.54 Å². The lowest BCUT2D eigenvalue weighted by molar-refractivity contribution is -0.126. The standard InChI is InChI=1S/C23H29N3O4/c1-17-9-10-20(30-17)16-25-22(28)18-8-5-14-26(15-12-21(27)24-13-11-18)23(29)19-6-3-2-4-7-19/h2-4,6-7,9-10,18H,5,8,11-16H2,1H3,(H,24,27)(H,25,28). The molecule has 1 aromatic heterocycles. The number of hydrogen-bond donors (Lipinski definition) is 2. The summed E-state index contributed by atoms with van der Waals surface area (Å²) in [4.78, 5) is 39.4. The Bertz CT molecular complexity index is 862. The second-order valence-corrected chi connectivity index (χ2v) is 7.62. The molecule has 0 radical (unpaired) electrons. The monoisotopic (exact) mass is 411 g/mol. The molecule has 1 aliphatic heterocycles. The van der Waals surface area contributed by atoms with E-state index in [9.17, 15) is 14.4 Å². The fraction of sp³-hybridized carbons (Fsp3) is 0.435. The van der Waals surface area contributed by atoms with Gasteiger partial charge in [-0.05, 0) is 50.5 Å². The molecule has 0 saturated carbocycles. The zero-order chi connectivity index (χ0) is 21.3. The summed E-state index contributed by atoms with van der Waals surface area (Å²) >= 11 is 0. The van der Waals surface area contributed by atoms with Gasteiger partial charge in [-0.1, -0.05) is 18.2 Å². The molecule has 2 heterocycles. The minimum absolute atomic E-state index is 0.0570. The summed E-state index contributed by atoms with van der Waals surface area (Å²) in [5.41, 5.74) is 0.607. The molecule has 2 N–H and O–H groups in total. The van der Waals surface area contributed by atoms with E-state index in [1.165, 1.54) is 0 Å². The van der Waals surface area contributed by atoms with Crippen LogP contribution in [0.1, 0.15) is 47.6 Å². The maximum absolute atomic E-state index is 12.8. The molecule has 3 amide bonds. The first kappa shape index (κ1) is 21.6. The van der Waals surface area contributed by atoms with Crippen LogP contribution in [0.15, 0.2) is 46.9 Å². The fourth-order valence-electron chi connectivity index (χ4n) is 3.62. The predicted octanol–water partition coefficient (Wildman–Crippen LogP) is 2.65. The van der Waals surface area contributed by atoms with Crippen LogP contribution in [0.5, 0.6) is 0 Å². The van der Waals surface area contributed by atoms with Gasteiger partial charge >= 0.3 is 0 Å². The molecule has 1 atom stereocenters. The number of carbonyl (C=O) groups is 3. The van der Waals surface area contributed by atoms with E-state index in [1.54, 1.807) is 17.0 Å². The van der Waals surface area contributed by atoms with E-state index >= 15 is 0 Å². The summed E-state index contributed by atoms with van der Waals surface area (Å²) in [6.07, 6.45) is 2.18. The van der Waals surface area contributed by atoms with Gasteiger partial charge in [0.25, 0.3) is 5.91 Å². The Hall–Kier alpha value is -3.09. The number of nitrogens with one attached hydrogen (secondary N) is 2. The van der Waals surface area contributed by atoms with Crippen molar-refractivity contribution in [2.24, 2.45) is 5.92 Å². The molecule has 7 heteroatoms. The smallest absolute Gasteiger partial charge is 0.253 e. The van der Waals surface area contributed by atoms with E-state index in [2.05, 4.69) is 10.6 Å². The highest BCUT2D eigenvalue weighted by atomic mass is 16.3. The second-order valence-electron chi connectivity index (χ2n) is 7.62. The first-order chi connectivity index (χ1) is 14.5. The lowest BCUT2D eigenvalue weighted by Crippen LogP contribution is -2.35. The Morgan fingerprint density at radius 1 is 1.13 bits per heavy atom. The Balaban J connectivity index is 1.60. The average molecular weight is 412 g/mol. The maximum Gasteiger partial charge on any atom is 0.253 e. The van der Waals surface area contributed by atoms with Gasteiger partial charge in [-0.15, -0.1) is 0 Å². The molecule has 1 unspecified atom stereocenters. The van der Waals surface area contributed by atoms with E-state index in [-0.39, 0.29) is 30.1 Å². The van der Waals surface area contributed by atoms with E-state index < -0.39 is 0 Å². The van der Waals surface area contributed by atoms with E-state index in [0.29, 0.717) is 56.8 Å². The molecule has 1 saturated heterocycles. The van der Waals surface area contributed by atoms with Crippen molar-refractivity contribution in [2.45, 2.75) is 39.2 Å². The SMILES string of the molecule is Cc1ccc(CNC(=O)C2CCCN(C(=O)c3ccccc3)CCC(=O)NCC2)o1. The molecule has 0 bridgehead atoms. The van der Waals surface area contributed by atoms with Gasteiger partial charge in [0.2, 0.25) is 11.8 Å². The van der Waals surface area contributed by atoms with Crippen molar-refractivity contribution in [2.75, 3.05) is 19.6 Å². The highest BCUT2D eigenvalue weighted by Gasteiger charge is 2.22. The third-order valence-electron chi connectivity index (χ3n) is 5.32. The number of carbonyl (C=O) groups excluding carboxylic acids is 3. The number of rotatable bonds is 4. The molecule has 3 rings (SSSR count). The molecular weight excluding hydrogens is 382 g/mol. The van der Waals surface area contributed by atoms with Crippen molar-refractivity contribution in [3.63, 3.8) is 0 Å². The summed E-state index contributed by atoms with van der Waals surface area (Å²) in [5.74, 6) is 1.04. The summed E-state index contributed by atoms with van der Waals surface area (Å²) in [7, 11) is 0. The number of nitrogens with zero attached hydrogens (tertiary/aromatic N) is 1. The van der Waals surface area contributed by atoms with E-state index in [0.717, 1.165) is 5.76 Å². The maximum atomic E-state index is 12.8. The number of benzene rings is 1. The molecule has 0 aliphatic carbocycles. The molecule has 0 spiro atoms. The van der Waals surface area contributed by atoms with Crippen LogP contribution < -0.4 is 10.6 Å². The molecule has 1 fully saturated rings. The van der Waals surface area contributed by atoms with Gasteiger partial charge in [-0.2, -0.15) is 0 Å². The molecule has 160 valence electrons. The summed E-state index contributed by atoms with van der Waals surface area (Å²) in [5, 5.41) is 5.79. The second kappa shape index (κ2) is 10.6.